The maximum absolute atomic E-state index is 13.4. The van der Waals surface area contributed by atoms with Gasteiger partial charge < -0.3 is 9.32 Å². The van der Waals surface area contributed by atoms with E-state index in [-0.39, 0.29) is 5.91 Å². The Morgan fingerprint density at radius 2 is 1.90 bits per heavy atom. The number of aryl methyl sites for hydroxylation is 2. The Morgan fingerprint density at radius 1 is 1.10 bits per heavy atom. The number of anilines is 1. The smallest absolute Gasteiger partial charge is 0.295 e. The number of para-hydroxylation sites is 1. The van der Waals surface area contributed by atoms with Crippen LogP contribution in [0.4, 0.5) is 5.13 Å². The standard InChI is InChI=1S/C23H25N3O2S/c1-15-12-16(2)21-20(13-15)29-23(24-21)26(11-7-10-25(3)4)22(27)19-14-17-8-5-6-9-18(17)28-19/h5-6,8-9,12-14H,7,10-11H2,1-4H3. The number of furan rings is 1. The quantitative estimate of drug-likeness (QED) is 0.438. The Bertz CT molecular complexity index is 1140. The minimum Gasteiger partial charge on any atom is -0.451 e. The van der Waals surface area contributed by atoms with Crippen molar-refractivity contribution in [2.24, 2.45) is 0 Å². The molecule has 0 fully saturated rings. The number of amides is 1. The molecular weight excluding hydrogens is 382 g/mol. The normalized spacial score (nSPS) is 11.6. The predicted molar refractivity (Wildman–Crippen MR) is 120 cm³/mol. The minimum absolute atomic E-state index is 0.145. The molecule has 0 N–H and O–H groups in total. The fourth-order valence-electron chi connectivity index (χ4n) is 3.52. The number of aromatic nitrogens is 1. The summed E-state index contributed by atoms with van der Waals surface area (Å²) in [6.07, 6.45) is 0.854. The van der Waals surface area contributed by atoms with Gasteiger partial charge in [-0.1, -0.05) is 35.6 Å². The van der Waals surface area contributed by atoms with E-state index < -0.39 is 0 Å². The minimum atomic E-state index is -0.145. The molecule has 0 saturated carbocycles. The molecule has 0 aliphatic rings. The highest BCUT2D eigenvalue weighted by molar-refractivity contribution is 7.22. The third-order valence-electron chi connectivity index (χ3n) is 4.92. The summed E-state index contributed by atoms with van der Waals surface area (Å²) >= 11 is 1.56. The molecule has 2 heterocycles. The van der Waals surface area contributed by atoms with Crippen LogP contribution in [-0.4, -0.2) is 43.0 Å². The summed E-state index contributed by atoms with van der Waals surface area (Å²) < 4.78 is 6.96. The fraction of sp³-hybridized carbons (Fsp3) is 0.304. The second kappa shape index (κ2) is 7.97. The molecule has 6 heteroatoms. The van der Waals surface area contributed by atoms with E-state index in [2.05, 4.69) is 30.9 Å². The van der Waals surface area contributed by atoms with Gasteiger partial charge in [0.1, 0.15) is 5.58 Å². The first kappa shape index (κ1) is 19.6. The summed E-state index contributed by atoms with van der Waals surface area (Å²) in [6, 6.07) is 13.8. The van der Waals surface area contributed by atoms with Crippen molar-refractivity contribution in [3.05, 3.63) is 59.4 Å². The monoisotopic (exact) mass is 407 g/mol. The zero-order valence-corrected chi connectivity index (χ0v) is 18.0. The van der Waals surface area contributed by atoms with Gasteiger partial charge in [0.2, 0.25) is 0 Å². The van der Waals surface area contributed by atoms with Gasteiger partial charge in [-0.15, -0.1) is 0 Å². The maximum atomic E-state index is 13.4. The summed E-state index contributed by atoms with van der Waals surface area (Å²) in [6.45, 7) is 5.63. The summed E-state index contributed by atoms with van der Waals surface area (Å²) in [7, 11) is 4.07. The number of benzene rings is 2. The predicted octanol–water partition coefficient (Wildman–Crippen LogP) is 5.26. The van der Waals surface area contributed by atoms with Crippen LogP contribution in [0, 0.1) is 13.8 Å². The molecule has 150 valence electrons. The number of rotatable bonds is 6. The third kappa shape index (κ3) is 4.04. The van der Waals surface area contributed by atoms with E-state index in [0.717, 1.165) is 44.8 Å². The van der Waals surface area contributed by atoms with Crippen molar-refractivity contribution in [3.63, 3.8) is 0 Å². The van der Waals surface area contributed by atoms with Crippen molar-refractivity contribution < 1.29 is 9.21 Å². The zero-order chi connectivity index (χ0) is 20.5. The van der Waals surface area contributed by atoms with E-state index >= 15 is 0 Å². The molecule has 0 saturated heterocycles. The van der Waals surface area contributed by atoms with Gasteiger partial charge in [0.05, 0.1) is 10.2 Å². The van der Waals surface area contributed by atoms with E-state index in [9.17, 15) is 4.79 Å². The van der Waals surface area contributed by atoms with Gasteiger partial charge in [0.25, 0.3) is 5.91 Å². The Morgan fingerprint density at radius 3 is 2.66 bits per heavy atom. The molecule has 0 unspecified atom stereocenters. The van der Waals surface area contributed by atoms with E-state index in [4.69, 9.17) is 9.40 Å². The molecule has 4 rings (SSSR count). The topological polar surface area (TPSA) is 49.6 Å². The largest absolute Gasteiger partial charge is 0.451 e. The average Bonchev–Trinajstić information content (AvgIpc) is 3.28. The number of carbonyl (C=O) groups excluding carboxylic acids is 1. The van der Waals surface area contributed by atoms with Crippen LogP contribution in [0.1, 0.15) is 28.1 Å². The van der Waals surface area contributed by atoms with Crippen molar-refractivity contribution in [3.8, 4) is 0 Å². The molecule has 4 aromatic rings. The molecule has 0 aliphatic carbocycles. The van der Waals surface area contributed by atoms with Gasteiger partial charge in [-0.25, -0.2) is 4.98 Å². The second-order valence-corrected chi connectivity index (χ2v) is 8.70. The van der Waals surface area contributed by atoms with Crippen molar-refractivity contribution in [2.75, 3.05) is 32.1 Å². The van der Waals surface area contributed by atoms with E-state index in [0.29, 0.717) is 12.3 Å². The molecule has 0 aliphatic heterocycles. The molecule has 0 atom stereocenters. The number of fused-ring (bicyclic) bond motifs is 2. The van der Waals surface area contributed by atoms with Crippen LogP contribution in [0.2, 0.25) is 0 Å². The SMILES string of the molecule is Cc1cc(C)c2nc(N(CCCN(C)C)C(=O)c3cc4ccccc4o3)sc2c1. The molecule has 5 nitrogen and oxygen atoms in total. The highest BCUT2D eigenvalue weighted by Gasteiger charge is 2.24. The van der Waals surface area contributed by atoms with Crippen LogP contribution >= 0.6 is 11.3 Å². The highest BCUT2D eigenvalue weighted by atomic mass is 32.1. The van der Waals surface area contributed by atoms with Gasteiger partial charge >= 0.3 is 0 Å². The Kier molecular flexibility index (Phi) is 5.39. The molecule has 2 aromatic heterocycles. The van der Waals surface area contributed by atoms with E-state index in [1.165, 1.54) is 5.56 Å². The molecule has 1 amide bonds. The van der Waals surface area contributed by atoms with Gasteiger partial charge in [0.15, 0.2) is 10.9 Å². The van der Waals surface area contributed by atoms with Crippen LogP contribution in [0.15, 0.2) is 46.9 Å². The molecule has 29 heavy (non-hydrogen) atoms. The lowest BCUT2D eigenvalue weighted by Crippen LogP contribution is -2.33. The summed E-state index contributed by atoms with van der Waals surface area (Å²) in [4.78, 5) is 22.1. The third-order valence-corrected chi connectivity index (χ3v) is 5.94. The van der Waals surface area contributed by atoms with Crippen LogP contribution in [0.3, 0.4) is 0 Å². The molecule has 0 radical (unpaired) electrons. The van der Waals surface area contributed by atoms with E-state index in [1.807, 2.05) is 44.4 Å². The molecule has 2 aromatic carbocycles. The number of hydrogen-bond donors (Lipinski definition) is 0. The highest BCUT2D eigenvalue weighted by Crippen LogP contribution is 2.33. The van der Waals surface area contributed by atoms with Crippen LogP contribution in [0.5, 0.6) is 0 Å². The number of carbonyl (C=O) groups is 1. The van der Waals surface area contributed by atoms with Gasteiger partial charge in [-0.2, -0.15) is 0 Å². The molecule has 0 spiro atoms. The van der Waals surface area contributed by atoms with Crippen LogP contribution < -0.4 is 4.90 Å². The first-order valence-electron chi connectivity index (χ1n) is 9.75. The average molecular weight is 408 g/mol. The number of hydrogen-bond acceptors (Lipinski definition) is 5. The van der Waals surface area contributed by atoms with E-state index in [1.54, 1.807) is 16.2 Å². The lowest BCUT2D eigenvalue weighted by Gasteiger charge is -2.19. The lowest BCUT2D eigenvalue weighted by atomic mass is 10.1. The van der Waals surface area contributed by atoms with Crippen LogP contribution in [-0.2, 0) is 0 Å². The van der Waals surface area contributed by atoms with Gasteiger partial charge in [-0.3, -0.25) is 9.69 Å². The summed E-state index contributed by atoms with van der Waals surface area (Å²) in [5.41, 5.74) is 4.02. The fourth-order valence-corrected chi connectivity index (χ4v) is 4.69. The van der Waals surface area contributed by atoms with Crippen molar-refractivity contribution in [2.45, 2.75) is 20.3 Å². The number of thiazole rings is 1. The van der Waals surface area contributed by atoms with Crippen molar-refractivity contribution >= 4 is 43.6 Å². The second-order valence-electron chi connectivity index (χ2n) is 7.69. The van der Waals surface area contributed by atoms with Crippen molar-refractivity contribution in [1.82, 2.24) is 9.88 Å². The Labute approximate surface area is 174 Å². The summed E-state index contributed by atoms with van der Waals surface area (Å²) in [5.74, 6) is 0.205. The summed E-state index contributed by atoms with van der Waals surface area (Å²) in [5, 5.41) is 1.65. The molecule has 0 bridgehead atoms. The maximum Gasteiger partial charge on any atom is 0.295 e. The van der Waals surface area contributed by atoms with Crippen molar-refractivity contribution in [1.29, 1.82) is 0 Å². The van der Waals surface area contributed by atoms with Crippen LogP contribution in [0.25, 0.3) is 21.2 Å². The molecular formula is C23H25N3O2S. The van der Waals surface area contributed by atoms with Gasteiger partial charge in [-0.05, 0) is 70.2 Å². The lowest BCUT2D eigenvalue weighted by molar-refractivity contribution is 0.0961. The van der Waals surface area contributed by atoms with Gasteiger partial charge in [0, 0.05) is 11.9 Å². The zero-order valence-electron chi connectivity index (χ0n) is 17.2. The number of nitrogens with zero attached hydrogens (tertiary/aromatic N) is 3. The Balaban J connectivity index is 1.72. The first-order chi connectivity index (χ1) is 13.9. The Hall–Kier alpha value is -2.70. The first-order valence-corrected chi connectivity index (χ1v) is 10.6.